The SMILES string of the molecule is Cc1nn(CC(=O)N2CCC[C@H](C)C2)c(C)c1S(=O)(=O)N1CCOCC1. The fourth-order valence-electron chi connectivity index (χ4n) is 3.77. The molecule has 8 nitrogen and oxygen atoms in total. The predicted octanol–water partition coefficient (Wildman–Crippen LogP) is 0.779. The number of ether oxygens (including phenoxy) is 1. The molecule has 1 amide bonds. The normalized spacial score (nSPS) is 22.6. The zero-order valence-corrected chi connectivity index (χ0v) is 16.6. The molecule has 0 spiro atoms. The Morgan fingerprint density at radius 1 is 1.23 bits per heavy atom. The van der Waals surface area contributed by atoms with Crippen LogP contribution in [-0.4, -0.2) is 72.7 Å². The Kier molecular flexibility index (Phi) is 5.69. The molecule has 1 atom stereocenters. The van der Waals surface area contributed by atoms with Gasteiger partial charge in [-0.1, -0.05) is 6.92 Å². The maximum Gasteiger partial charge on any atom is 0.246 e. The summed E-state index contributed by atoms with van der Waals surface area (Å²) in [6.07, 6.45) is 2.16. The number of carbonyl (C=O) groups excluding carboxylic acids is 1. The van der Waals surface area contributed by atoms with Crippen molar-refractivity contribution in [3.8, 4) is 0 Å². The van der Waals surface area contributed by atoms with Gasteiger partial charge < -0.3 is 9.64 Å². The number of amides is 1. The van der Waals surface area contributed by atoms with Crippen LogP contribution in [0, 0.1) is 19.8 Å². The summed E-state index contributed by atoms with van der Waals surface area (Å²) in [5.74, 6) is 0.503. The lowest BCUT2D eigenvalue weighted by Gasteiger charge is -2.31. The van der Waals surface area contributed by atoms with E-state index in [1.165, 1.54) is 8.99 Å². The Morgan fingerprint density at radius 3 is 2.58 bits per heavy atom. The third kappa shape index (κ3) is 3.79. The Bertz CT molecular complexity index is 768. The number of morpholine rings is 1. The van der Waals surface area contributed by atoms with Crippen molar-refractivity contribution in [2.75, 3.05) is 39.4 Å². The van der Waals surface area contributed by atoms with E-state index < -0.39 is 10.0 Å². The van der Waals surface area contributed by atoms with Crippen LogP contribution in [0.3, 0.4) is 0 Å². The summed E-state index contributed by atoms with van der Waals surface area (Å²) in [7, 11) is -3.63. The third-order valence-electron chi connectivity index (χ3n) is 5.18. The second kappa shape index (κ2) is 7.66. The first-order valence-corrected chi connectivity index (χ1v) is 10.6. The molecule has 0 aliphatic carbocycles. The van der Waals surface area contributed by atoms with Gasteiger partial charge in [-0.25, -0.2) is 8.42 Å². The van der Waals surface area contributed by atoms with E-state index in [1.54, 1.807) is 13.8 Å². The molecule has 2 aliphatic rings. The summed E-state index contributed by atoms with van der Waals surface area (Å²) in [4.78, 5) is 14.7. The topological polar surface area (TPSA) is 84.7 Å². The quantitative estimate of drug-likeness (QED) is 0.766. The molecule has 2 saturated heterocycles. The summed E-state index contributed by atoms with van der Waals surface area (Å²) in [5.41, 5.74) is 0.959. The average molecular weight is 385 g/mol. The number of aromatic nitrogens is 2. The lowest BCUT2D eigenvalue weighted by atomic mass is 10.0. The van der Waals surface area contributed by atoms with Crippen molar-refractivity contribution in [2.24, 2.45) is 5.92 Å². The number of sulfonamides is 1. The second-order valence-corrected chi connectivity index (χ2v) is 9.14. The number of carbonyl (C=O) groups is 1. The van der Waals surface area contributed by atoms with Crippen LogP contribution in [0.25, 0.3) is 0 Å². The highest BCUT2D eigenvalue weighted by atomic mass is 32.2. The number of rotatable bonds is 4. The van der Waals surface area contributed by atoms with Gasteiger partial charge in [0.1, 0.15) is 11.4 Å². The zero-order chi connectivity index (χ0) is 18.9. The number of piperidine rings is 1. The smallest absolute Gasteiger partial charge is 0.246 e. The standard InChI is InChI=1S/C17H28N4O4S/c1-13-5-4-6-19(11-13)16(22)12-21-15(3)17(14(2)18-21)26(23,24)20-7-9-25-10-8-20/h13H,4-12H2,1-3H3/t13-/m0/s1. The van der Waals surface area contributed by atoms with Crippen molar-refractivity contribution < 1.29 is 17.9 Å². The number of hydrogen-bond acceptors (Lipinski definition) is 5. The van der Waals surface area contributed by atoms with E-state index in [0.29, 0.717) is 43.6 Å². The first-order valence-electron chi connectivity index (χ1n) is 9.20. The summed E-state index contributed by atoms with van der Waals surface area (Å²) in [6.45, 7) is 8.65. The van der Waals surface area contributed by atoms with Crippen LogP contribution in [0.5, 0.6) is 0 Å². The molecule has 2 fully saturated rings. The van der Waals surface area contributed by atoms with E-state index in [1.807, 2.05) is 4.90 Å². The summed E-state index contributed by atoms with van der Waals surface area (Å²) >= 11 is 0. The van der Waals surface area contributed by atoms with Gasteiger partial charge in [0.05, 0.1) is 24.6 Å². The van der Waals surface area contributed by atoms with Crippen LogP contribution in [-0.2, 0) is 26.1 Å². The molecule has 0 saturated carbocycles. The van der Waals surface area contributed by atoms with Gasteiger partial charge in [-0.3, -0.25) is 9.48 Å². The average Bonchev–Trinajstić information content (AvgIpc) is 2.89. The molecule has 0 bridgehead atoms. The van der Waals surface area contributed by atoms with E-state index in [0.717, 1.165) is 25.9 Å². The molecule has 9 heteroatoms. The largest absolute Gasteiger partial charge is 0.379 e. The molecule has 0 aromatic carbocycles. The first kappa shape index (κ1) is 19.3. The van der Waals surface area contributed by atoms with Crippen molar-refractivity contribution in [3.63, 3.8) is 0 Å². The predicted molar refractivity (Wildman–Crippen MR) is 96.3 cm³/mol. The van der Waals surface area contributed by atoms with E-state index in [9.17, 15) is 13.2 Å². The molecular formula is C17H28N4O4S. The van der Waals surface area contributed by atoms with Crippen molar-refractivity contribution in [2.45, 2.75) is 45.1 Å². The number of nitrogens with zero attached hydrogens (tertiary/aromatic N) is 4. The minimum Gasteiger partial charge on any atom is -0.379 e. The van der Waals surface area contributed by atoms with E-state index in [2.05, 4.69) is 12.0 Å². The Morgan fingerprint density at radius 2 is 1.92 bits per heavy atom. The van der Waals surface area contributed by atoms with Crippen molar-refractivity contribution in [1.29, 1.82) is 0 Å². The van der Waals surface area contributed by atoms with Crippen molar-refractivity contribution in [1.82, 2.24) is 19.0 Å². The van der Waals surface area contributed by atoms with Gasteiger partial charge in [0.2, 0.25) is 15.9 Å². The van der Waals surface area contributed by atoms with Crippen LogP contribution < -0.4 is 0 Å². The minimum atomic E-state index is -3.63. The molecule has 0 N–H and O–H groups in total. The summed E-state index contributed by atoms with van der Waals surface area (Å²) in [6, 6.07) is 0. The van der Waals surface area contributed by atoms with Gasteiger partial charge in [0.15, 0.2) is 0 Å². The second-order valence-electron chi connectivity index (χ2n) is 7.26. The zero-order valence-electron chi connectivity index (χ0n) is 15.8. The van der Waals surface area contributed by atoms with Gasteiger partial charge >= 0.3 is 0 Å². The van der Waals surface area contributed by atoms with Crippen molar-refractivity contribution >= 4 is 15.9 Å². The van der Waals surface area contributed by atoms with Gasteiger partial charge in [-0.05, 0) is 32.6 Å². The highest BCUT2D eigenvalue weighted by Crippen LogP contribution is 2.24. The van der Waals surface area contributed by atoms with Gasteiger partial charge in [0.25, 0.3) is 0 Å². The monoisotopic (exact) mass is 384 g/mol. The van der Waals surface area contributed by atoms with Crippen molar-refractivity contribution in [3.05, 3.63) is 11.4 Å². The highest BCUT2D eigenvalue weighted by molar-refractivity contribution is 7.89. The Labute approximate surface area is 155 Å². The number of likely N-dealkylation sites (tertiary alicyclic amines) is 1. The van der Waals surface area contributed by atoms with Crippen LogP contribution in [0.15, 0.2) is 4.90 Å². The van der Waals surface area contributed by atoms with Crippen LogP contribution in [0.1, 0.15) is 31.2 Å². The molecule has 1 aromatic rings. The minimum absolute atomic E-state index is 0.00234. The molecule has 1 aromatic heterocycles. The lowest BCUT2D eigenvalue weighted by molar-refractivity contribution is -0.133. The van der Waals surface area contributed by atoms with Gasteiger partial charge in [0, 0.05) is 26.2 Å². The molecule has 3 heterocycles. The van der Waals surface area contributed by atoms with E-state index >= 15 is 0 Å². The van der Waals surface area contributed by atoms with Crippen LogP contribution in [0.2, 0.25) is 0 Å². The maximum atomic E-state index is 13.0. The molecule has 146 valence electrons. The fraction of sp³-hybridized carbons (Fsp3) is 0.765. The summed E-state index contributed by atoms with van der Waals surface area (Å²) in [5, 5.41) is 4.36. The molecule has 2 aliphatic heterocycles. The lowest BCUT2D eigenvalue weighted by Crippen LogP contribution is -2.41. The molecular weight excluding hydrogens is 356 g/mol. The maximum absolute atomic E-state index is 13.0. The van der Waals surface area contributed by atoms with Gasteiger partial charge in [-0.15, -0.1) is 0 Å². The highest BCUT2D eigenvalue weighted by Gasteiger charge is 2.32. The molecule has 3 rings (SSSR count). The third-order valence-corrected chi connectivity index (χ3v) is 7.33. The van der Waals surface area contributed by atoms with E-state index in [4.69, 9.17) is 4.74 Å². The molecule has 26 heavy (non-hydrogen) atoms. The van der Waals surface area contributed by atoms with Gasteiger partial charge in [-0.2, -0.15) is 9.40 Å². The first-order chi connectivity index (χ1) is 12.3. The molecule has 0 radical (unpaired) electrons. The fourth-order valence-corrected chi connectivity index (χ4v) is 5.55. The summed E-state index contributed by atoms with van der Waals surface area (Å²) < 4.78 is 34.2. The van der Waals surface area contributed by atoms with Crippen LogP contribution >= 0.6 is 0 Å². The molecule has 0 unspecified atom stereocenters. The Hall–Kier alpha value is -1.45. The van der Waals surface area contributed by atoms with E-state index in [-0.39, 0.29) is 17.3 Å². The Balaban J connectivity index is 1.80. The number of aryl methyl sites for hydroxylation is 1. The number of hydrogen-bond donors (Lipinski definition) is 0. The van der Waals surface area contributed by atoms with Crippen LogP contribution in [0.4, 0.5) is 0 Å².